The second kappa shape index (κ2) is 16.7. The number of carbonyl (C=O) groups is 4. The molecule has 0 radical (unpaired) electrons. The number of benzene rings is 1. The quantitative estimate of drug-likeness (QED) is 0.190. The number of aliphatic hydroxyl groups is 1. The molecule has 13 nitrogen and oxygen atoms in total. The summed E-state index contributed by atoms with van der Waals surface area (Å²) >= 11 is 6.75. The van der Waals surface area contributed by atoms with E-state index in [4.69, 9.17) is 35.3 Å². The van der Waals surface area contributed by atoms with Crippen LogP contribution in [0, 0.1) is 11.8 Å². The highest BCUT2D eigenvalue weighted by Gasteiger charge is 2.64. The molecule has 3 aliphatic rings. The van der Waals surface area contributed by atoms with Crippen molar-refractivity contribution < 1.29 is 48.0 Å². The van der Waals surface area contributed by atoms with Crippen molar-refractivity contribution in [1.82, 2.24) is 10.2 Å². The first-order chi connectivity index (χ1) is 23.9. The second-order valence-corrected chi connectivity index (χ2v) is 17.4. The third kappa shape index (κ3) is 9.03. The minimum Gasteiger partial charge on any atom is -0.495 e. The van der Waals surface area contributed by atoms with E-state index in [1.165, 1.54) is 24.0 Å². The van der Waals surface area contributed by atoms with E-state index in [2.05, 4.69) is 5.32 Å². The summed E-state index contributed by atoms with van der Waals surface area (Å²) in [5.41, 5.74) is -1.86. The zero-order valence-corrected chi connectivity index (χ0v) is 33.4. The summed E-state index contributed by atoms with van der Waals surface area (Å²) in [4.78, 5) is 56.5. The molecule has 0 spiro atoms. The van der Waals surface area contributed by atoms with Gasteiger partial charge in [-0.25, -0.2) is 9.59 Å². The van der Waals surface area contributed by atoms with Gasteiger partial charge in [0.1, 0.15) is 40.7 Å². The summed E-state index contributed by atoms with van der Waals surface area (Å²) in [6.45, 7) is 9.08. The number of hydrogen-bond acceptors (Lipinski definition) is 12. The van der Waals surface area contributed by atoms with Crippen LogP contribution in [-0.2, 0) is 39.8 Å². The molecule has 0 aliphatic carbocycles. The van der Waals surface area contributed by atoms with Gasteiger partial charge in [0.05, 0.1) is 25.3 Å². The number of rotatable bonds is 10. The van der Waals surface area contributed by atoms with Crippen molar-refractivity contribution in [3.63, 3.8) is 0 Å². The first-order valence-electron chi connectivity index (χ1n) is 17.1. The largest absolute Gasteiger partial charge is 0.495 e. The summed E-state index contributed by atoms with van der Waals surface area (Å²) in [5, 5.41) is 15.0. The van der Waals surface area contributed by atoms with E-state index < -0.39 is 65.7 Å². The number of ether oxygens (including phenoxy) is 5. The number of epoxide rings is 1. The predicted molar refractivity (Wildman–Crippen MR) is 197 cm³/mol. The molecule has 2 fully saturated rings. The average Bonchev–Trinajstić information content (AvgIpc) is 3.77. The van der Waals surface area contributed by atoms with Gasteiger partial charge < -0.3 is 38.6 Å². The number of fused-ring (bicyclic) bond motifs is 5. The topological polar surface area (TPSA) is 156 Å². The number of carbonyl (C=O) groups excluding carboxylic acids is 4. The maximum absolute atomic E-state index is 14.1. The number of esters is 1. The van der Waals surface area contributed by atoms with Gasteiger partial charge in [0.2, 0.25) is 11.8 Å². The lowest BCUT2D eigenvalue weighted by atomic mass is 9.80. The molecule has 2 saturated heterocycles. The molecule has 3 heterocycles. The van der Waals surface area contributed by atoms with Gasteiger partial charge in [-0.2, -0.15) is 0 Å². The van der Waals surface area contributed by atoms with Crippen molar-refractivity contribution in [3.05, 3.63) is 22.7 Å². The Morgan fingerprint density at radius 2 is 1.90 bits per heavy atom. The Balaban J connectivity index is 1.70. The molecule has 3 amide bonds. The van der Waals surface area contributed by atoms with Gasteiger partial charge >= 0.3 is 12.1 Å². The number of likely N-dealkylation sites (N-methyl/N-ethyl adjacent to an activating group) is 1. The van der Waals surface area contributed by atoms with Crippen molar-refractivity contribution in [2.75, 3.05) is 39.5 Å². The van der Waals surface area contributed by atoms with Crippen LogP contribution in [0.2, 0.25) is 5.02 Å². The molecule has 286 valence electrons. The van der Waals surface area contributed by atoms with Crippen LogP contribution in [0.15, 0.2) is 12.1 Å². The molecule has 51 heavy (non-hydrogen) atoms. The van der Waals surface area contributed by atoms with E-state index in [0.29, 0.717) is 24.3 Å². The molecule has 1 aromatic carbocycles. The van der Waals surface area contributed by atoms with Gasteiger partial charge in [-0.15, -0.1) is 0 Å². The lowest BCUT2D eigenvalue weighted by molar-refractivity contribution is -0.171. The zero-order valence-electron chi connectivity index (χ0n) is 31.0. The fourth-order valence-corrected chi connectivity index (χ4v) is 9.32. The van der Waals surface area contributed by atoms with Crippen molar-refractivity contribution >= 4 is 62.8 Å². The maximum atomic E-state index is 14.1. The van der Waals surface area contributed by atoms with Gasteiger partial charge in [-0.05, 0) is 56.6 Å². The standard InChI is InChI=1S/C35H52ClN3O10S2/c1-18-13-22-14-23(29(36)24(15-22)45-8)39(7)28(41)16-26(48-32(42)21(4)38(6)27(40)12-11-19(2)51-50-10)34(5)31(49-34)20(3)25-17-35(44,30(18)46-9)37-33(43)47-25/h14-15,18-21,25-26,30-31,44H,11-13,16-17H2,1-10H3,(H,37,43)/t18?,19?,20-,21+,25+,26+,30-,31-,34+,35+/m1/s1. The molecular weight excluding hydrogens is 722 g/mol. The molecule has 2 unspecified atom stereocenters. The van der Waals surface area contributed by atoms with Gasteiger partial charge in [-0.1, -0.05) is 54.0 Å². The van der Waals surface area contributed by atoms with E-state index in [1.54, 1.807) is 61.7 Å². The number of halogens is 1. The number of anilines is 1. The number of methoxy groups -OCH3 is 2. The second-order valence-electron chi connectivity index (χ2n) is 14.1. The summed E-state index contributed by atoms with van der Waals surface area (Å²) in [6.07, 6.45) is -1.23. The first kappa shape index (κ1) is 41.3. The van der Waals surface area contributed by atoms with Gasteiger partial charge in [-0.3, -0.25) is 14.9 Å². The first-order valence-corrected chi connectivity index (χ1v) is 20.1. The van der Waals surface area contributed by atoms with Crippen molar-refractivity contribution in [1.29, 1.82) is 0 Å². The summed E-state index contributed by atoms with van der Waals surface area (Å²) in [5.74, 6) is -1.80. The van der Waals surface area contributed by atoms with Crippen molar-refractivity contribution in [2.45, 2.75) is 114 Å². The smallest absolute Gasteiger partial charge is 0.409 e. The number of alkyl carbamates (subject to hydrolysis) is 1. The monoisotopic (exact) mass is 773 g/mol. The van der Waals surface area contributed by atoms with Crippen LogP contribution in [0.25, 0.3) is 0 Å². The fourth-order valence-electron chi connectivity index (χ4n) is 7.19. The van der Waals surface area contributed by atoms with Crippen LogP contribution < -0.4 is 15.0 Å². The molecule has 4 bridgehead atoms. The van der Waals surface area contributed by atoms with Crippen LogP contribution in [0.1, 0.15) is 65.9 Å². The molecule has 2 N–H and O–H groups in total. The minimum absolute atomic E-state index is 0.0159. The maximum Gasteiger partial charge on any atom is 0.409 e. The molecule has 1 aromatic rings. The average molecular weight is 774 g/mol. The molecule has 16 heteroatoms. The lowest BCUT2D eigenvalue weighted by Gasteiger charge is -2.44. The molecule has 0 saturated carbocycles. The van der Waals surface area contributed by atoms with E-state index in [0.717, 1.165) is 5.56 Å². The Kier molecular flexibility index (Phi) is 13.5. The Bertz CT molecular complexity index is 1470. The van der Waals surface area contributed by atoms with E-state index >= 15 is 0 Å². The summed E-state index contributed by atoms with van der Waals surface area (Å²) in [7, 11) is 9.39. The summed E-state index contributed by atoms with van der Waals surface area (Å²) < 4.78 is 29.4. The fraction of sp³-hybridized carbons (Fsp3) is 0.714. The number of nitrogens with one attached hydrogen (secondary N) is 1. The number of nitrogens with zero attached hydrogens (tertiary/aromatic N) is 2. The van der Waals surface area contributed by atoms with Gasteiger partial charge in [0.15, 0.2) is 5.72 Å². The minimum atomic E-state index is -1.79. The Labute approximate surface area is 313 Å². The highest BCUT2D eigenvalue weighted by molar-refractivity contribution is 8.76. The number of hydrogen-bond donors (Lipinski definition) is 2. The van der Waals surface area contributed by atoms with Gasteiger partial charge in [0.25, 0.3) is 0 Å². The summed E-state index contributed by atoms with van der Waals surface area (Å²) in [6, 6.07) is 2.57. The van der Waals surface area contributed by atoms with Crippen LogP contribution in [0.5, 0.6) is 5.75 Å². The highest BCUT2D eigenvalue weighted by Crippen LogP contribution is 2.49. The van der Waals surface area contributed by atoms with Crippen molar-refractivity contribution in [3.8, 4) is 5.75 Å². The number of amides is 3. The molecule has 4 rings (SSSR count). The lowest BCUT2D eigenvalue weighted by Crippen LogP contribution is -2.65. The molecule has 3 aliphatic heterocycles. The Morgan fingerprint density at radius 3 is 2.53 bits per heavy atom. The SMILES string of the molecule is COc1cc2cc(c1Cl)N(C)C(=O)C[C@H](OC(=O)[C@H](C)N(C)C(=O)CCC(C)SSC)[C@]1(C)O[C@@H]1[C@H](C)[C@@H]1C[C@@](O)(NC(=O)O1)[C@H](OC)C(C)C2. The van der Waals surface area contributed by atoms with E-state index in [1.807, 2.05) is 27.0 Å². The van der Waals surface area contributed by atoms with Crippen molar-refractivity contribution in [2.24, 2.45) is 11.8 Å². The predicted octanol–water partition coefficient (Wildman–Crippen LogP) is 4.83. The third-order valence-electron chi connectivity index (χ3n) is 10.5. The highest BCUT2D eigenvalue weighted by atomic mass is 35.5. The van der Waals surface area contributed by atoms with E-state index in [-0.39, 0.29) is 41.4 Å². The van der Waals surface area contributed by atoms with Crippen LogP contribution in [0.4, 0.5) is 10.5 Å². The molecule has 0 aromatic heterocycles. The normalized spacial score (nSPS) is 32.1. The van der Waals surface area contributed by atoms with Gasteiger partial charge in [0, 0.05) is 45.2 Å². The van der Waals surface area contributed by atoms with Crippen LogP contribution >= 0.6 is 33.2 Å². The Hall–Kier alpha value is -2.43. The van der Waals surface area contributed by atoms with Crippen LogP contribution in [0.3, 0.4) is 0 Å². The molecular formula is C35H52ClN3O10S2. The Morgan fingerprint density at radius 1 is 1.22 bits per heavy atom. The zero-order chi connectivity index (χ0) is 38.0. The van der Waals surface area contributed by atoms with Crippen LogP contribution in [-0.4, -0.2) is 115 Å². The molecule has 10 atom stereocenters. The third-order valence-corrected chi connectivity index (χ3v) is 13.2. The van der Waals surface area contributed by atoms with E-state index in [9.17, 15) is 24.3 Å².